The minimum atomic E-state index is -0.0116. The third kappa shape index (κ3) is 0.688. The first-order valence-corrected chi connectivity index (χ1v) is 2.52. The predicted molar refractivity (Wildman–Crippen MR) is 35.3 cm³/mol. The molecule has 2 rings (SSSR count). The van der Waals surface area contributed by atoms with Crippen molar-refractivity contribution in [1.29, 1.82) is 0 Å². The second-order valence-corrected chi connectivity index (χ2v) is 1.67. The summed E-state index contributed by atoms with van der Waals surface area (Å²) in [4.78, 5) is 0. The van der Waals surface area contributed by atoms with E-state index in [1.165, 1.54) is 0 Å². The van der Waals surface area contributed by atoms with Gasteiger partial charge < -0.3 is 0 Å². The molecule has 9 heavy (non-hydrogen) atoms. The Balaban J connectivity index is 0.000000186. The Hall–Kier alpha value is -1.29. The van der Waals surface area contributed by atoms with E-state index in [0.29, 0.717) is 0 Å². The van der Waals surface area contributed by atoms with E-state index in [4.69, 9.17) is 0 Å². The summed E-state index contributed by atoms with van der Waals surface area (Å²) in [6.07, 6.45) is 8.00. The Morgan fingerprint density at radius 1 is 1.11 bits per heavy atom. The van der Waals surface area contributed by atoms with Crippen LogP contribution in [0.3, 0.4) is 0 Å². The van der Waals surface area contributed by atoms with E-state index in [2.05, 4.69) is 12.8 Å². The molecule has 0 fully saturated rings. The van der Waals surface area contributed by atoms with E-state index >= 15 is 0 Å². The van der Waals surface area contributed by atoms with Gasteiger partial charge in [0.2, 0.25) is 0 Å². The molecule has 0 aromatic rings. The zero-order chi connectivity index (χ0) is 6.85. The zero-order valence-electron chi connectivity index (χ0n) is 4.76. The molecule has 0 spiro atoms. The van der Waals surface area contributed by atoms with Crippen LogP contribution >= 0.6 is 0 Å². The summed E-state index contributed by atoms with van der Waals surface area (Å²) in [5.41, 5.74) is 1.61. The van der Waals surface area contributed by atoms with Gasteiger partial charge in [0.25, 0.3) is 0 Å². The summed E-state index contributed by atoms with van der Waals surface area (Å²) in [6.45, 7) is 0. The van der Waals surface area contributed by atoms with Gasteiger partial charge in [-0.05, 0) is 0 Å². The van der Waals surface area contributed by atoms with Crippen LogP contribution in [0.25, 0.3) is 11.1 Å². The van der Waals surface area contributed by atoms with Crippen molar-refractivity contribution in [2.24, 2.45) is 0 Å². The molecule has 0 radical (unpaired) electrons. The lowest BCUT2D eigenvalue weighted by Crippen LogP contribution is -1.37. The molecule has 44 valence electrons. The average Bonchev–Trinajstić information content (AvgIpc) is 2.36. The molecule has 2 aliphatic rings. The normalized spacial score (nSPS) is 9.22. The molecule has 0 heterocycles. The number of fused-ring (bicyclic) bond motifs is 1. The number of hydrogen-bond acceptors (Lipinski definition) is 0. The van der Waals surface area contributed by atoms with E-state index in [1.807, 2.05) is 6.07 Å². The first-order valence-electron chi connectivity index (χ1n) is 2.52. The highest BCUT2D eigenvalue weighted by Gasteiger charge is 2.22. The largest absolute Gasteiger partial charge is 0.206 e. The molecule has 0 aromatic heterocycles. The van der Waals surface area contributed by atoms with Crippen molar-refractivity contribution in [2.45, 2.75) is 0 Å². The van der Waals surface area contributed by atoms with Crippen LogP contribution in [-0.4, -0.2) is 0 Å². The van der Waals surface area contributed by atoms with Crippen molar-refractivity contribution < 1.29 is 4.39 Å². The summed E-state index contributed by atoms with van der Waals surface area (Å²) < 4.78 is 12.0. The SMILES string of the molecule is C#C.Fc1c2cccc1-2. The van der Waals surface area contributed by atoms with Gasteiger partial charge in [-0.15, -0.1) is 12.8 Å². The molecule has 0 nitrogen and oxygen atoms in total. The Morgan fingerprint density at radius 3 is 1.78 bits per heavy atom. The maximum Gasteiger partial charge on any atom is 0.139 e. The van der Waals surface area contributed by atoms with E-state index in [9.17, 15) is 4.39 Å². The summed E-state index contributed by atoms with van der Waals surface area (Å²) in [6, 6.07) is 5.42. The van der Waals surface area contributed by atoms with Gasteiger partial charge in [-0.1, -0.05) is 18.2 Å². The Labute approximate surface area is 53.3 Å². The van der Waals surface area contributed by atoms with Gasteiger partial charge in [0.05, 0.1) is 0 Å². The highest BCUT2D eigenvalue weighted by molar-refractivity contribution is 5.82. The fourth-order valence-electron chi connectivity index (χ4n) is 0.758. The van der Waals surface area contributed by atoms with Gasteiger partial charge in [-0.2, -0.15) is 0 Å². The van der Waals surface area contributed by atoms with Crippen LogP contribution in [0.4, 0.5) is 4.39 Å². The number of hydrogen-bond donors (Lipinski definition) is 0. The Morgan fingerprint density at radius 2 is 1.56 bits per heavy atom. The molecule has 0 saturated carbocycles. The third-order valence-electron chi connectivity index (χ3n) is 1.23. The quantitative estimate of drug-likeness (QED) is 0.467. The summed E-state index contributed by atoms with van der Waals surface area (Å²) >= 11 is 0. The molecule has 1 heteroatoms. The Bertz CT molecular complexity index is 228. The first kappa shape index (κ1) is 5.84. The maximum atomic E-state index is 12.0. The van der Waals surface area contributed by atoms with Crippen molar-refractivity contribution >= 4 is 0 Å². The molecule has 2 aliphatic carbocycles. The molecule has 0 N–H and O–H groups in total. The number of terminal acetylenes is 1. The van der Waals surface area contributed by atoms with Crippen LogP contribution in [0.15, 0.2) is 18.2 Å². The molecule has 0 amide bonds. The van der Waals surface area contributed by atoms with Crippen molar-refractivity contribution in [3.05, 3.63) is 24.0 Å². The molecule has 0 unspecified atom stereocenters. The van der Waals surface area contributed by atoms with Crippen LogP contribution in [0.1, 0.15) is 0 Å². The van der Waals surface area contributed by atoms with Crippen molar-refractivity contribution in [2.75, 3.05) is 0 Å². The van der Waals surface area contributed by atoms with Crippen molar-refractivity contribution in [3.63, 3.8) is 0 Å². The van der Waals surface area contributed by atoms with Gasteiger partial charge in [0.15, 0.2) is 0 Å². The van der Waals surface area contributed by atoms with E-state index in [1.54, 1.807) is 12.1 Å². The molecule has 0 aliphatic heterocycles. The maximum absolute atomic E-state index is 12.0. The highest BCUT2D eigenvalue weighted by Crippen LogP contribution is 2.39. The minimum absolute atomic E-state index is 0.0116. The van der Waals surface area contributed by atoms with Gasteiger partial charge in [-0.25, -0.2) is 4.39 Å². The molecule has 0 atom stereocenters. The molecule has 0 saturated heterocycles. The fraction of sp³-hybridized carbons (Fsp3) is 0. The first-order chi connectivity index (χ1) is 4.39. The standard InChI is InChI=1S/C6H3F.C2H2/c7-6-4-2-1-3-5(4)6;1-2/h1-3H;1-2H. The lowest BCUT2D eigenvalue weighted by Gasteiger charge is -1.54. The Kier molecular flexibility index (Phi) is 1.24. The highest BCUT2D eigenvalue weighted by atomic mass is 19.1. The summed E-state index contributed by atoms with van der Waals surface area (Å²) in [5.74, 6) is -0.0116. The number of halogens is 1. The number of benzene rings is 1. The van der Waals surface area contributed by atoms with E-state index < -0.39 is 0 Å². The van der Waals surface area contributed by atoms with Crippen molar-refractivity contribution in [3.8, 4) is 24.0 Å². The molecular weight excluding hydrogens is 115 g/mol. The molecular formula is C8H5F. The average molecular weight is 120 g/mol. The summed E-state index contributed by atoms with van der Waals surface area (Å²) in [5, 5.41) is 0. The smallest absolute Gasteiger partial charge is 0.139 e. The summed E-state index contributed by atoms with van der Waals surface area (Å²) in [7, 11) is 0. The zero-order valence-corrected chi connectivity index (χ0v) is 4.76. The monoisotopic (exact) mass is 120 g/mol. The van der Waals surface area contributed by atoms with Gasteiger partial charge >= 0.3 is 0 Å². The van der Waals surface area contributed by atoms with Crippen LogP contribution in [0.2, 0.25) is 0 Å². The third-order valence-corrected chi connectivity index (χ3v) is 1.23. The topological polar surface area (TPSA) is 0 Å². The van der Waals surface area contributed by atoms with Gasteiger partial charge in [0, 0.05) is 11.1 Å². The van der Waals surface area contributed by atoms with Crippen LogP contribution in [0, 0.1) is 18.7 Å². The lowest BCUT2D eigenvalue weighted by atomic mass is 10.6. The van der Waals surface area contributed by atoms with Gasteiger partial charge in [-0.3, -0.25) is 0 Å². The molecule has 0 bridgehead atoms. The number of rotatable bonds is 0. The van der Waals surface area contributed by atoms with Crippen LogP contribution < -0.4 is 0 Å². The fourth-order valence-corrected chi connectivity index (χ4v) is 0.758. The second kappa shape index (κ2) is 1.91. The second-order valence-electron chi connectivity index (χ2n) is 1.67. The van der Waals surface area contributed by atoms with E-state index in [-0.39, 0.29) is 5.82 Å². The van der Waals surface area contributed by atoms with Gasteiger partial charge in [0.1, 0.15) is 5.82 Å². The predicted octanol–water partition coefficient (Wildman–Crippen LogP) is 2.06. The minimum Gasteiger partial charge on any atom is -0.206 e. The van der Waals surface area contributed by atoms with Crippen molar-refractivity contribution in [1.82, 2.24) is 0 Å². The van der Waals surface area contributed by atoms with Crippen LogP contribution in [-0.2, 0) is 0 Å². The molecule has 0 aromatic carbocycles. The van der Waals surface area contributed by atoms with E-state index in [0.717, 1.165) is 11.1 Å². The lowest BCUT2D eigenvalue weighted by molar-refractivity contribution is 0.665. The van der Waals surface area contributed by atoms with Crippen LogP contribution in [0.5, 0.6) is 0 Å².